The number of carbonyl (C=O) groups excluding carboxylic acids is 2. The smallest absolute Gasteiger partial charge is 0.322 e. The highest BCUT2D eigenvalue weighted by Gasteiger charge is 2.23. The molecule has 3 amide bonds. The van der Waals surface area contributed by atoms with Crippen LogP contribution in [0, 0.1) is 6.92 Å². The van der Waals surface area contributed by atoms with Crippen LogP contribution in [0.4, 0.5) is 10.5 Å². The Balaban J connectivity index is 1.77. The van der Waals surface area contributed by atoms with Gasteiger partial charge in [0.05, 0.1) is 36.5 Å². The highest BCUT2D eigenvalue weighted by Crippen LogP contribution is 2.30. The van der Waals surface area contributed by atoms with Crippen molar-refractivity contribution in [2.24, 2.45) is 0 Å². The first kappa shape index (κ1) is 29.6. The molecule has 204 valence electrons. The van der Waals surface area contributed by atoms with Gasteiger partial charge in [-0.15, -0.1) is 11.3 Å². The molecule has 3 rings (SSSR count). The van der Waals surface area contributed by atoms with E-state index >= 15 is 0 Å². The summed E-state index contributed by atoms with van der Waals surface area (Å²) in [6.07, 6.45) is 1.30. The number of hydrogen-bond donors (Lipinski definition) is 1. The average Bonchev–Trinajstić information content (AvgIpc) is 3.31. The van der Waals surface area contributed by atoms with Crippen molar-refractivity contribution < 1.29 is 19.1 Å². The molecule has 0 aliphatic heterocycles. The maximum Gasteiger partial charge on any atom is 0.322 e. The lowest BCUT2D eigenvalue weighted by atomic mass is 10.1. The summed E-state index contributed by atoms with van der Waals surface area (Å²) in [5, 5.41) is 5.46. The van der Waals surface area contributed by atoms with Crippen molar-refractivity contribution in [1.29, 1.82) is 0 Å². The van der Waals surface area contributed by atoms with Gasteiger partial charge in [0.1, 0.15) is 6.54 Å². The Kier molecular flexibility index (Phi) is 11.1. The number of anilines is 1. The van der Waals surface area contributed by atoms with E-state index < -0.39 is 6.03 Å². The van der Waals surface area contributed by atoms with Crippen LogP contribution in [0.15, 0.2) is 47.8 Å². The van der Waals surface area contributed by atoms with E-state index in [1.807, 2.05) is 43.5 Å². The zero-order valence-electron chi connectivity index (χ0n) is 22.1. The molecule has 0 spiro atoms. The molecular formula is C28H33Cl2N3O4S. The first-order valence-electron chi connectivity index (χ1n) is 12.3. The molecule has 0 bridgehead atoms. The summed E-state index contributed by atoms with van der Waals surface area (Å²) in [4.78, 5) is 31.2. The standard InChI is InChI=1S/C28H33Cl2N3O4S/c1-5-13-33(28(35)31-27-21(29)7-6-8-22(27)30)18-26(34)32(17-25-19(2)12-15-38-25)14-11-20-9-10-23(36-3)24(16-20)37-4/h6-10,12,15-16H,5,11,13-14,17-18H2,1-4H3,(H,31,35). The van der Waals surface area contributed by atoms with E-state index in [0.717, 1.165) is 16.0 Å². The molecule has 0 aliphatic carbocycles. The van der Waals surface area contributed by atoms with E-state index in [1.165, 1.54) is 4.90 Å². The number of urea groups is 1. The number of carbonyl (C=O) groups is 2. The molecule has 0 atom stereocenters. The number of nitrogens with one attached hydrogen (secondary N) is 1. The molecule has 2 aromatic carbocycles. The zero-order chi connectivity index (χ0) is 27.7. The van der Waals surface area contributed by atoms with Crippen LogP contribution in [0.5, 0.6) is 11.5 Å². The lowest BCUT2D eigenvalue weighted by Crippen LogP contribution is -2.45. The summed E-state index contributed by atoms with van der Waals surface area (Å²) in [6, 6.07) is 12.4. The molecule has 7 nitrogen and oxygen atoms in total. The quantitative estimate of drug-likeness (QED) is 0.254. The third kappa shape index (κ3) is 7.79. The molecule has 0 saturated carbocycles. The lowest BCUT2D eigenvalue weighted by Gasteiger charge is -2.28. The summed E-state index contributed by atoms with van der Waals surface area (Å²) in [5.74, 6) is 1.14. The van der Waals surface area contributed by atoms with Gasteiger partial charge in [0.2, 0.25) is 5.91 Å². The van der Waals surface area contributed by atoms with Gasteiger partial charge in [-0.3, -0.25) is 4.79 Å². The number of nitrogens with zero attached hydrogens (tertiary/aromatic N) is 2. The van der Waals surface area contributed by atoms with Crippen LogP contribution in [-0.4, -0.2) is 55.6 Å². The molecular weight excluding hydrogens is 545 g/mol. The van der Waals surface area contributed by atoms with Crippen LogP contribution >= 0.6 is 34.5 Å². The number of rotatable bonds is 12. The predicted octanol–water partition coefficient (Wildman–Crippen LogP) is 6.90. The summed E-state index contributed by atoms with van der Waals surface area (Å²) in [7, 11) is 3.19. The van der Waals surface area contributed by atoms with Gasteiger partial charge in [-0.2, -0.15) is 0 Å². The third-order valence-electron chi connectivity index (χ3n) is 6.08. The molecule has 1 aromatic heterocycles. The Bertz CT molecular complexity index is 1230. The largest absolute Gasteiger partial charge is 0.493 e. The van der Waals surface area contributed by atoms with E-state index in [9.17, 15) is 9.59 Å². The van der Waals surface area contributed by atoms with Crippen molar-refractivity contribution in [2.75, 3.05) is 39.2 Å². The molecule has 0 radical (unpaired) electrons. The number of para-hydroxylation sites is 1. The van der Waals surface area contributed by atoms with Crippen molar-refractivity contribution in [3.05, 3.63) is 73.9 Å². The Morgan fingerprint density at radius 2 is 1.68 bits per heavy atom. The van der Waals surface area contributed by atoms with E-state index in [4.69, 9.17) is 32.7 Å². The van der Waals surface area contributed by atoms with Crippen LogP contribution in [0.1, 0.15) is 29.3 Å². The van der Waals surface area contributed by atoms with Gasteiger partial charge in [-0.05, 0) is 66.6 Å². The molecule has 10 heteroatoms. The van der Waals surface area contributed by atoms with Gasteiger partial charge in [-0.25, -0.2) is 4.79 Å². The van der Waals surface area contributed by atoms with Gasteiger partial charge in [0.25, 0.3) is 0 Å². The first-order valence-corrected chi connectivity index (χ1v) is 13.9. The summed E-state index contributed by atoms with van der Waals surface area (Å²) in [5.41, 5.74) is 2.48. The van der Waals surface area contributed by atoms with Gasteiger partial charge in [0.15, 0.2) is 11.5 Å². The SMILES string of the molecule is CCCN(CC(=O)N(CCc1ccc(OC)c(OC)c1)Cc1sccc1C)C(=O)Nc1c(Cl)cccc1Cl. The molecule has 1 heterocycles. The number of benzene rings is 2. The van der Waals surface area contributed by atoms with Crippen LogP contribution in [0.2, 0.25) is 10.0 Å². The highest BCUT2D eigenvalue weighted by atomic mass is 35.5. The maximum atomic E-state index is 13.6. The fraction of sp³-hybridized carbons (Fsp3) is 0.357. The number of thiophene rings is 1. The highest BCUT2D eigenvalue weighted by molar-refractivity contribution is 7.10. The fourth-order valence-electron chi connectivity index (χ4n) is 3.92. The number of amides is 3. The van der Waals surface area contributed by atoms with E-state index in [2.05, 4.69) is 5.32 Å². The van der Waals surface area contributed by atoms with Crippen molar-refractivity contribution in [3.63, 3.8) is 0 Å². The third-order valence-corrected chi connectivity index (χ3v) is 7.71. The molecule has 0 unspecified atom stereocenters. The first-order chi connectivity index (χ1) is 18.3. The molecule has 0 fully saturated rings. The normalized spacial score (nSPS) is 10.7. The summed E-state index contributed by atoms with van der Waals surface area (Å²) < 4.78 is 10.8. The minimum Gasteiger partial charge on any atom is -0.493 e. The van der Waals surface area contributed by atoms with Gasteiger partial charge < -0.3 is 24.6 Å². The average molecular weight is 579 g/mol. The number of halogens is 2. The van der Waals surface area contributed by atoms with Crippen LogP contribution in [-0.2, 0) is 17.8 Å². The molecule has 0 saturated heterocycles. The van der Waals surface area contributed by atoms with E-state index in [0.29, 0.717) is 59.7 Å². The van der Waals surface area contributed by atoms with E-state index in [-0.39, 0.29) is 12.5 Å². The Morgan fingerprint density at radius 3 is 2.29 bits per heavy atom. The van der Waals surface area contributed by atoms with Crippen molar-refractivity contribution in [3.8, 4) is 11.5 Å². The Morgan fingerprint density at radius 1 is 0.974 bits per heavy atom. The fourth-order valence-corrected chi connectivity index (χ4v) is 5.33. The van der Waals surface area contributed by atoms with Gasteiger partial charge in [0, 0.05) is 18.0 Å². The minimum atomic E-state index is -0.428. The molecule has 38 heavy (non-hydrogen) atoms. The van der Waals surface area contributed by atoms with Crippen LogP contribution < -0.4 is 14.8 Å². The second-order valence-electron chi connectivity index (χ2n) is 8.73. The van der Waals surface area contributed by atoms with Crippen molar-refractivity contribution in [1.82, 2.24) is 9.80 Å². The second kappa shape index (κ2) is 14.3. The molecule has 3 aromatic rings. The molecule has 1 N–H and O–H groups in total. The Hall–Kier alpha value is -2.94. The Labute approximate surface area is 238 Å². The minimum absolute atomic E-state index is 0.0713. The van der Waals surface area contributed by atoms with Crippen molar-refractivity contribution in [2.45, 2.75) is 33.2 Å². The maximum absolute atomic E-state index is 13.6. The van der Waals surface area contributed by atoms with Crippen LogP contribution in [0.25, 0.3) is 0 Å². The number of aryl methyl sites for hydroxylation is 1. The molecule has 0 aliphatic rings. The van der Waals surface area contributed by atoms with Gasteiger partial charge in [-0.1, -0.05) is 42.3 Å². The zero-order valence-corrected chi connectivity index (χ0v) is 24.4. The number of hydrogen-bond acceptors (Lipinski definition) is 5. The van der Waals surface area contributed by atoms with Crippen molar-refractivity contribution >= 4 is 52.2 Å². The second-order valence-corrected chi connectivity index (χ2v) is 10.5. The topological polar surface area (TPSA) is 71.1 Å². The monoisotopic (exact) mass is 577 g/mol. The number of methoxy groups -OCH3 is 2. The van der Waals surface area contributed by atoms with Crippen LogP contribution in [0.3, 0.4) is 0 Å². The van der Waals surface area contributed by atoms with E-state index in [1.54, 1.807) is 48.7 Å². The summed E-state index contributed by atoms with van der Waals surface area (Å²) >= 11 is 14.1. The predicted molar refractivity (Wildman–Crippen MR) is 155 cm³/mol. The van der Waals surface area contributed by atoms with Gasteiger partial charge >= 0.3 is 6.03 Å². The number of ether oxygens (including phenoxy) is 2. The lowest BCUT2D eigenvalue weighted by molar-refractivity contribution is -0.132. The summed E-state index contributed by atoms with van der Waals surface area (Å²) in [6.45, 7) is 5.26.